The zero-order valence-electron chi connectivity index (χ0n) is 17.6. The molecule has 166 valence electrons. The minimum atomic E-state index is -0.446. The average Bonchev–Trinajstić information content (AvgIpc) is 3.38. The third-order valence-corrected chi connectivity index (χ3v) is 7.07. The molecule has 8 heteroatoms. The topological polar surface area (TPSA) is 82.5 Å². The van der Waals surface area contributed by atoms with Crippen LogP contribution in [0.1, 0.15) is 5.56 Å². The van der Waals surface area contributed by atoms with Crippen molar-refractivity contribution in [2.24, 2.45) is 11.8 Å². The number of hydrogen-bond acceptors (Lipinski definition) is 6. The fraction of sp³-hybridized carbons (Fsp3) is 0.565. The van der Waals surface area contributed by atoms with Gasteiger partial charge in [-0.05, 0) is 5.56 Å². The summed E-state index contributed by atoms with van der Waals surface area (Å²) in [6.45, 7) is 4.25. The summed E-state index contributed by atoms with van der Waals surface area (Å²) in [5, 5.41) is 10.1. The van der Waals surface area contributed by atoms with Gasteiger partial charge in [0.15, 0.2) is 0 Å². The molecule has 1 aromatic carbocycles. The summed E-state index contributed by atoms with van der Waals surface area (Å²) < 4.78 is 11.4. The van der Waals surface area contributed by atoms with E-state index in [1.165, 1.54) is 10.5 Å². The Morgan fingerprint density at radius 3 is 2.81 bits per heavy atom. The van der Waals surface area contributed by atoms with Crippen molar-refractivity contribution in [1.29, 1.82) is 0 Å². The Hall–Kier alpha value is -2.42. The van der Waals surface area contributed by atoms with Gasteiger partial charge in [-0.15, -0.1) is 0 Å². The molecule has 31 heavy (non-hydrogen) atoms. The molecule has 0 unspecified atom stereocenters. The van der Waals surface area contributed by atoms with Crippen molar-refractivity contribution >= 4 is 18.1 Å². The second-order valence-corrected chi connectivity index (χ2v) is 8.99. The van der Waals surface area contributed by atoms with Gasteiger partial charge in [-0.25, -0.2) is 4.79 Å². The number of carbonyl (C=O) groups is 2. The van der Waals surface area contributed by atoms with Gasteiger partial charge >= 0.3 is 6.09 Å². The smallest absolute Gasteiger partial charge is 0.410 e. The number of hydrogen-bond donors (Lipinski definition) is 1. The van der Waals surface area contributed by atoms with Crippen molar-refractivity contribution in [1.82, 2.24) is 14.7 Å². The minimum Gasteiger partial charge on any atom is -0.448 e. The lowest BCUT2D eigenvalue weighted by Gasteiger charge is -2.40. The molecule has 0 radical (unpaired) electrons. The molecule has 4 fully saturated rings. The Labute approximate surface area is 182 Å². The lowest BCUT2D eigenvalue weighted by molar-refractivity contribution is -0.153. The second kappa shape index (κ2) is 8.26. The molecule has 8 nitrogen and oxygen atoms in total. The van der Waals surface area contributed by atoms with E-state index >= 15 is 0 Å². The zero-order valence-corrected chi connectivity index (χ0v) is 17.6. The highest BCUT2D eigenvalue weighted by atomic mass is 16.6. The van der Waals surface area contributed by atoms with Gasteiger partial charge in [-0.1, -0.05) is 42.5 Å². The molecule has 2 bridgehead atoms. The first-order valence-electron chi connectivity index (χ1n) is 11.0. The van der Waals surface area contributed by atoms with Crippen LogP contribution >= 0.6 is 0 Å². The zero-order chi connectivity index (χ0) is 21.4. The van der Waals surface area contributed by atoms with Crippen LogP contribution < -0.4 is 0 Å². The van der Waals surface area contributed by atoms with E-state index in [-0.39, 0.29) is 37.0 Å². The van der Waals surface area contributed by atoms with E-state index in [4.69, 9.17) is 9.47 Å². The molecule has 4 saturated heterocycles. The number of carbonyl (C=O) groups excluding carboxylic acids is 2. The summed E-state index contributed by atoms with van der Waals surface area (Å²) in [4.78, 5) is 30.3. The van der Waals surface area contributed by atoms with Crippen molar-refractivity contribution in [3.05, 3.63) is 42.0 Å². The van der Waals surface area contributed by atoms with E-state index in [0.29, 0.717) is 26.2 Å². The highest BCUT2D eigenvalue weighted by molar-refractivity contribution is 5.83. The standard InChI is InChI=1S/C23H29N3O5/c27-14-18-19-11-24(8-4-7-17-5-2-1-3-6-17)15-23(19)16-26(12-20(18)31-23)21(28)13-25-9-10-30-22(25)29/h1-7,18-20,27H,8-16H2/b7-4+/t18-,19+,20+,23-/m0/s1. The number of morpholine rings is 1. The lowest BCUT2D eigenvalue weighted by Crippen LogP contribution is -2.57. The summed E-state index contributed by atoms with van der Waals surface area (Å²) in [6.07, 6.45) is 3.69. The van der Waals surface area contributed by atoms with Crippen LogP contribution in [0.4, 0.5) is 4.79 Å². The van der Waals surface area contributed by atoms with Crippen LogP contribution in [0.2, 0.25) is 0 Å². The molecule has 4 heterocycles. The molecule has 4 aliphatic rings. The van der Waals surface area contributed by atoms with E-state index in [1.807, 2.05) is 23.1 Å². The maximum atomic E-state index is 12.9. The summed E-state index contributed by atoms with van der Waals surface area (Å²) in [5.41, 5.74) is 0.720. The molecular formula is C23H29N3O5. The predicted molar refractivity (Wildman–Crippen MR) is 113 cm³/mol. The van der Waals surface area contributed by atoms with E-state index in [2.05, 4.69) is 29.2 Å². The van der Waals surface area contributed by atoms with E-state index in [1.54, 1.807) is 0 Å². The van der Waals surface area contributed by atoms with Crippen LogP contribution in [-0.2, 0) is 14.3 Å². The van der Waals surface area contributed by atoms with Crippen molar-refractivity contribution in [2.75, 3.05) is 59.0 Å². The summed E-state index contributed by atoms with van der Waals surface area (Å²) in [6, 6.07) is 10.2. The lowest BCUT2D eigenvalue weighted by atomic mass is 9.83. The second-order valence-electron chi connectivity index (χ2n) is 8.99. The highest BCUT2D eigenvalue weighted by Crippen LogP contribution is 2.49. The largest absolute Gasteiger partial charge is 0.448 e. The number of cyclic esters (lactones) is 1. The minimum absolute atomic E-state index is 0.0256. The van der Waals surface area contributed by atoms with Crippen molar-refractivity contribution in [3.8, 4) is 0 Å². The van der Waals surface area contributed by atoms with Gasteiger partial charge in [-0.3, -0.25) is 14.6 Å². The van der Waals surface area contributed by atoms with Gasteiger partial charge in [0.1, 0.15) is 18.8 Å². The highest BCUT2D eigenvalue weighted by Gasteiger charge is 2.62. The number of rotatable bonds is 6. The molecule has 5 rings (SSSR count). The fourth-order valence-corrected chi connectivity index (χ4v) is 5.59. The molecule has 0 saturated carbocycles. The number of nitrogens with zero attached hydrogens (tertiary/aromatic N) is 3. The number of amides is 2. The Kier molecular flexibility index (Phi) is 5.45. The molecule has 4 atom stereocenters. The summed E-state index contributed by atoms with van der Waals surface area (Å²) in [5.74, 6) is 0.145. The molecule has 1 N–H and O–H groups in total. The maximum Gasteiger partial charge on any atom is 0.410 e. The van der Waals surface area contributed by atoms with Crippen molar-refractivity contribution < 1.29 is 24.2 Å². The van der Waals surface area contributed by atoms with Crippen LogP contribution in [0.25, 0.3) is 6.08 Å². The number of aliphatic hydroxyl groups excluding tert-OH is 1. The van der Waals surface area contributed by atoms with Gasteiger partial charge in [0.05, 0.1) is 19.2 Å². The number of benzene rings is 1. The van der Waals surface area contributed by atoms with Crippen LogP contribution in [0.15, 0.2) is 36.4 Å². The van der Waals surface area contributed by atoms with Crippen molar-refractivity contribution in [2.45, 2.75) is 11.7 Å². The Balaban J connectivity index is 1.26. The maximum absolute atomic E-state index is 12.9. The first kappa shape index (κ1) is 20.5. The van der Waals surface area contributed by atoms with Crippen LogP contribution in [-0.4, -0.2) is 103 Å². The number of likely N-dealkylation sites (tertiary alicyclic amines) is 2. The first-order chi connectivity index (χ1) is 15.1. The average molecular weight is 428 g/mol. The summed E-state index contributed by atoms with van der Waals surface area (Å²) >= 11 is 0. The number of aliphatic hydroxyl groups is 1. The van der Waals surface area contributed by atoms with Gasteiger partial charge < -0.3 is 19.5 Å². The molecule has 0 aromatic heterocycles. The molecule has 1 aromatic rings. The van der Waals surface area contributed by atoms with Gasteiger partial charge in [0.2, 0.25) is 5.91 Å². The normalized spacial score (nSPS) is 32.7. The Morgan fingerprint density at radius 1 is 1.23 bits per heavy atom. The molecule has 1 spiro atoms. The van der Waals surface area contributed by atoms with E-state index in [0.717, 1.165) is 19.6 Å². The third kappa shape index (κ3) is 3.84. The molecule has 0 aliphatic carbocycles. The SMILES string of the molecule is O=C(CN1CCOC1=O)N1C[C@H]2O[C@@]3(CN(C/C=C/c4ccccc4)C[C@@H]3[C@@H]2CO)C1. The van der Waals surface area contributed by atoms with E-state index in [9.17, 15) is 14.7 Å². The third-order valence-electron chi connectivity index (χ3n) is 7.07. The van der Waals surface area contributed by atoms with E-state index < -0.39 is 11.7 Å². The molecule has 2 amide bonds. The molecular weight excluding hydrogens is 398 g/mol. The number of ether oxygens (including phenoxy) is 2. The summed E-state index contributed by atoms with van der Waals surface area (Å²) in [7, 11) is 0. The van der Waals surface area contributed by atoms with Crippen molar-refractivity contribution in [3.63, 3.8) is 0 Å². The quantitative estimate of drug-likeness (QED) is 0.719. The van der Waals surface area contributed by atoms with Crippen LogP contribution in [0, 0.1) is 11.8 Å². The van der Waals surface area contributed by atoms with Gasteiger partial charge in [-0.2, -0.15) is 0 Å². The molecule has 4 aliphatic heterocycles. The van der Waals surface area contributed by atoms with Crippen LogP contribution in [0.3, 0.4) is 0 Å². The van der Waals surface area contributed by atoms with Crippen LogP contribution in [0.5, 0.6) is 0 Å². The van der Waals surface area contributed by atoms with Gasteiger partial charge in [0, 0.05) is 44.6 Å². The number of fused-ring (bicyclic) bond motifs is 1. The predicted octanol–water partition coefficient (Wildman–Crippen LogP) is 0.672. The van der Waals surface area contributed by atoms with Gasteiger partial charge in [0.25, 0.3) is 0 Å². The Bertz CT molecular complexity index is 862. The first-order valence-corrected chi connectivity index (χ1v) is 11.0. The fourth-order valence-electron chi connectivity index (χ4n) is 5.59. The Morgan fingerprint density at radius 2 is 2.06 bits per heavy atom. The monoisotopic (exact) mass is 427 g/mol.